The third kappa shape index (κ3) is 19.8. The summed E-state index contributed by atoms with van der Waals surface area (Å²) in [6, 6.07) is 9.32. The summed E-state index contributed by atoms with van der Waals surface area (Å²) < 4.78 is 16.8. The lowest BCUT2D eigenvalue weighted by atomic mass is 9.55. The van der Waals surface area contributed by atoms with Crippen LogP contribution < -0.4 is 37.2 Å². The summed E-state index contributed by atoms with van der Waals surface area (Å²) in [7, 11) is 0. The summed E-state index contributed by atoms with van der Waals surface area (Å²) in [6.07, 6.45) is 6.26. The van der Waals surface area contributed by atoms with Gasteiger partial charge in [-0.15, -0.1) is 0 Å². The number of benzene rings is 2. The Morgan fingerprint density at radius 1 is 0.649 bits per heavy atom. The predicted molar refractivity (Wildman–Crippen MR) is 290 cm³/mol. The SMILES string of the molecule is CC[C@H](C)[C@H](NC(=O)[C@@H](CCSC)NC(=O)[C@H](CCCCNC(=O)OC1C2CC3CC(C2)CC1C3)NC(=O)OC(C)(C)C)C(=O)N[C@@H](CO)C(=O)N[C@@H](Cc1ccccc1)C(=O)N[C@H](C(=O)OCc1ccccc1)[C@@H](C)O. The Morgan fingerprint density at radius 2 is 1.18 bits per heavy atom. The minimum absolute atomic E-state index is 0.0568. The van der Waals surface area contributed by atoms with Crippen LogP contribution in [0, 0.1) is 29.6 Å². The molecule has 0 saturated heterocycles. The molecule has 0 heterocycles. The molecule has 9 N–H and O–H groups in total. The smallest absolute Gasteiger partial charge is 0.408 e. The number of thioether (sulfide) groups is 1. The van der Waals surface area contributed by atoms with Crippen molar-refractivity contribution in [3.05, 3.63) is 71.8 Å². The molecule has 21 heteroatoms. The fourth-order valence-corrected chi connectivity index (χ4v) is 11.1. The number of esters is 1. The van der Waals surface area contributed by atoms with E-state index in [1.807, 2.05) is 6.26 Å². The van der Waals surface area contributed by atoms with E-state index in [1.165, 1.54) is 25.1 Å². The van der Waals surface area contributed by atoms with Crippen LogP contribution in [0.4, 0.5) is 9.59 Å². The highest BCUT2D eigenvalue weighted by Crippen LogP contribution is 2.54. The Bertz CT molecular complexity index is 2240. The molecule has 4 aliphatic rings. The zero-order valence-corrected chi connectivity index (χ0v) is 46.5. The van der Waals surface area contributed by atoms with Gasteiger partial charge in [-0.3, -0.25) is 24.0 Å². The number of hydrogen-bond donors (Lipinski definition) is 9. The van der Waals surface area contributed by atoms with Gasteiger partial charge in [0.05, 0.1) is 12.7 Å². The summed E-state index contributed by atoms with van der Waals surface area (Å²) in [5.74, 6) is -2.74. The van der Waals surface area contributed by atoms with Crippen molar-refractivity contribution in [2.45, 2.75) is 173 Å². The van der Waals surface area contributed by atoms with Crippen molar-refractivity contribution < 1.29 is 62.8 Å². The molecule has 0 unspecified atom stereocenters. The van der Waals surface area contributed by atoms with Crippen molar-refractivity contribution in [3.63, 3.8) is 0 Å². The lowest BCUT2D eigenvalue weighted by molar-refractivity contribution is -0.152. The first-order valence-electron chi connectivity index (χ1n) is 27.2. The second-order valence-corrected chi connectivity index (χ2v) is 22.9. The van der Waals surface area contributed by atoms with E-state index in [0.717, 1.165) is 37.5 Å². The van der Waals surface area contributed by atoms with Gasteiger partial charge in [-0.05, 0) is 138 Å². The van der Waals surface area contributed by atoms with Crippen LogP contribution in [0.1, 0.15) is 117 Å². The van der Waals surface area contributed by atoms with Crippen molar-refractivity contribution in [1.82, 2.24) is 37.2 Å². The summed E-state index contributed by atoms with van der Waals surface area (Å²) in [6.45, 7) is 9.09. The van der Waals surface area contributed by atoms with Gasteiger partial charge in [-0.1, -0.05) is 80.9 Å². The number of carbonyl (C=O) groups is 8. The number of ether oxygens (including phenoxy) is 3. The maximum absolute atomic E-state index is 14.2. The van der Waals surface area contributed by atoms with Gasteiger partial charge in [0, 0.05) is 13.0 Å². The van der Waals surface area contributed by atoms with Gasteiger partial charge in [0.15, 0.2) is 6.04 Å². The molecule has 0 radical (unpaired) electrons. The van der Waals surface area contributed by atoms with E-state index in [4.69, 9.17) is 14.2 Å². The highest BCUT2D eigenvalue weighted by atomic mass is 32.2. The van der Waals surface area contributed by atoms with Crippen LogP contribution in [0.25, 0.3) is 0 Å². The Kier molecular flexibility index (Phi) is 24.3. The molecule has 426 valence electrons. The van der Waals surface area contributed by atoms with Gasteiger partial charge in [0.2, 0.25) is 29.5 Å². The minimum Gasteiger partial charge on any atom is -0.459 e. The second-order valence-electron chi connectivity index (χ2n) is 22.0. The molecule has 77 heavy (non-hydrogen) atoms. The van der Waals surface area contributed by atoms with Crippen molar-refractivity contribution in [3.8, 4) is 0 Å². The topological polar surface area (TPSA) is 289 Å². The first kappa shape index (κ1) is 61.9. The standard InChI is InChI=1S/C56H83N7O13S/c1-8-33(2)45(52(70)60-44(31-64)51(69)59-43(30-35-17-11-9-12-18-35)50(68)63-46(34(3)65)53(71)74-32-36-19-13-10-14-20-36)62-49(67)42(22-24-77-7)58-48(66)41(61-55(73)76-56(4,5)6)21-15-16-23-57-54(72)75-47-39-26-37-25-38(28-39)29-40(47)27-37/h9-14,17-20,33-34,37-47,64-65H,8,15-16,21-32H2,1-7H3,(H,57,72)(H,58,66)(H,59,69)(H,60,70)(H,61,73)(H,62,67)(H,63,68)/t33-,34+,37?,38?,39?,40?,41-,42+,43-,44-,45-,46-,47?/m0/s1. The minimum atomic E-state index is -1.63. The molecule has 4 bridgehead atoms. The van der Waals surface area contributed by atoms with Crippen LogP contribution in [0.5, 0.6) is 0 Å². The van der Waals surface area contributed by atoms with E-state index < -0.39 is 108 Å². The third-order valence-electron chi connectivity index (χ3n) is 14.6. The van der Waals surface area contributed by atoms with Crippen molar-refractivity contribution >= 4 is 59.5 Å². The molecule has 20 nitrogen and oxygen atoms in total. The molecule has 4 fully saturated rings. The molecule has 0 spiro atoms. The molecule has 2 aromatic rings. The number of aliphatic hydroxyl groups is 2. The molecular formula is C56H83N7O13S. The maximum atomic E-state index is 14.2. The third-order valence-corrected chi connectivity index (χ3v) is 15.2. The Balaban J connectivity index is 1.21. The predicted octanol–water partition coefficient (Wildman–Crippen LogP) is 4.18. The van der Waals surface area contributed by atoms with Crippen LogP contribution in [-0.2, 0) is 56.0 Å². The van der Waals surface area contributed by atoms with Crippen LogP contribution in [0.3, 0.4) is 0 Å². The number of unbranched alkanes of at least 4 members (excludes halogenated alkanes) is 1. The van der Waals surface area contributed by atoms with Crippen LogP contribution in [-0.4, -0.2) is 137 Å². The van der Waals surface area contributed by atoms with E-state index in [9.17, 15) is 48.6 Å². The van der Waals surface area contributed by atoms with Gasteiger partial charge in [-0.25, -0.2) is 14.4 Å². The first-order valence-corrected chi connectivity index (χ1v) is 28.6. The second kappa shape index (κ2) is 30.3. The highest BCUT2D eigenvalue weighted by molar-refractivity contribution is 7.98. The van der Waals surface area contributed by atoms with E-state index in [0.29, 0.717) is 48.0 Å². The van der Waals surface area contributed by atoms with Gasteiger partial charge in [0.1, 0.15) is 48.5 Å². The lowest BCUT2D eigenvalue weighted by Crippen LogP contribution is -2.61. The fourth-order valence-electron chi connectivity index (χ4n) is 10.6. The normalized spacial score (nSPS) is 21.5. The zero-order chi connectivity index (χ0) is 56.2. The maximum Gasteiger partial charge on any atom is 0.408 e. The quantitative estimate of drug-likeness (QED) is 0.0314. The summed E-state index contributed by atoms with van der Waals surface area (Å²) in [4.78, 5) is 109. The molecule has 7 amide bonds. The number of carbonyl (C=O) groups excluding carboxylic acids is 8. The largest absolute Gasteiger partial charge is 0.459 e. The van der Waals surface area contributed by atoms with Crippen LogP contribution >= 0.6 is 11.8 Å². The molecule has 4 aliphatic carbocycles. The Morgan fingerprint density at radius 3 is 1.75 bits per heavy atom. The average molecular weight is 1090 g/mol. The van der Waals surface area contributed by atoms with E-state index in [2.05, 4.69) is 37.2 Å². The molecule has 8 atom stereocenters. The van der Waals surface area contributed by atoms with Gasteiger partial charge in [-0.2, -0.15) is 11.8 Å². The number of alkyl carbamates (subject to hydrolysis) is 2. The lowest BCUT2D eigenvalue weighted by Gasteiger charge is -2.53. The molecular weight excluding hydrogens is 1010 g/mol. The van der Waals surface area contributed by atoms with Crippen LogP contribution in [0.15, 0.2) is 60.7 Å². The van der Waals surface area contributed by atoms with Crippen molar-refractivity contribution in [1.29, 1.82) is 0 Å². The molecule has 0 aromatic heterocycles. The Labute approximate surface area is 457 Å². The van der Waals surface area contributed by atoms with E-state index >= 15 is 0 Å². The van der Waals surface area contributed by atoms with Crippen molar-refractivity contribution in [2.24, 2.45) is 29.6 Å². The first-order chi connectivity index (χ1) is 36.7. The average Bonchev–Trinajstić information content (AvgIpc) is 3.39. The van der Waals surface area contributed by atoms with Gasteiger partial charge >= 0.3 is 18.2 Å². The van der Waals surface area contributed by atoms with E-state index in [1.54, 1.807) is 95.3 Å². The number of amides is 7. The van der Waals surface area contributed by atoms with Gasteiger partial charge in [0.25, 0.3) is 0 Å². The highest BCUT2D eigenvalue weighted by Gasteiger charge is 2.50. The van der Waals surface area contributed by atoms with Crippen molar-refractivity contribution in [2.75, 3.05) is 25.2 Å². The van der Waals surface area contributed by atoms with Gasteiger partial charge < -0.3 is 61.6 Å². The Hall–Kier alpha value is -5.93. The molecule has 4 saturated carbocycles. The molecule has 6 rings (SSSR count). The number of hydrogen-bond acceptors (Lipinski definition) is 14. The number of rotatable bonds is 29. The number of nitrogens with one attached hydrogen (secondary N) is 7. The zero-order valence-electron chi connectivity index (χ0n) is 45.7. The molecule has 2 aromatic carbocycles. The monoisotopic (exact) mass is 1090 g/mol. The van der Waals surface area contributed by atoms with Crippen LogP contribution in [0.2, 0.25) is 0 Å². The number of aliphatic hydroxyl groups excluding tert-OH is 2. The molecule has 0 aliphatic heterocycles. The summed E-state index contributed by atoms with van der Waals surface area (Å²) in [5, 5.41) is 39.6. The summed E-state index contributed by atoms with van der Waals surface area (Å²) >= 11 is 1.42. The van der Waals surface area contributed by atoms with E-state index in [-0.39, 0.29) is 38.5 Å². The fraction of sp³-hybridized carbons (Fsp3) is 0.643. The summed E-state index contributed by atoms with van der Waals surface area (Å²) in [5.41, 5.74) is 0.416.